The van der Waals surface area contributed by atoms with Crippen molar-refractivity contribution in [1.29, 1.82) is 0 Å². The standard InChI is InChI=1S/C20H27N3O4S/c1-5-14(2)17-6-8-18(9-7-17)28(25,26)23-12-10-22(11-13-23)20(24)19-15(3)21-27-16(19)4/h6-9,14H,5,10-13H2,1-4H3/t14-/m1/s1. The summed E-state index contributed by atoms with van der Waals surface area (Å²) >= 11 is 0. The third-order valence-electron chi connectivity index (χ3n) is 5.47. The van der Waals surface area contributed by atoms with Crippen LogP contribution in [0.3, 0.4) is 0 Å². The molecule has 0 spiro atoms. The molecule has 8 heteroatoms. The molecule has 2 aromatic rings. The highest BCUT2D eigenvalue weighted by Gasteiger charge is 2.32. The first-order chi connectivity index (χ1) is 13.3. The minimum atomic E-state index is -3.57. The van der Waals surface area contributed by atoms with Gasteiger partial charge in [-0.25, -0.2) is 8.42 Å². The molecule has 28 heavy (non-hydrogen) atoms. The van der Waals surface area contributed by atoms with Gasteiger partial charge in [0.1, 0.15) is 11.3 Å². The molecule has 0 unspecified atom stereocenters. The molecule has 1 saturated heterocycles. The lowest BCUT2D eigenvalue weighted by atomic mass is 9.99. The summed E-state index contributed by atoms with van der Waals surface area (Å²) in [5.41, 5.74) is 2.16. The van der Waals surface area contributed by atoms with E-state index in [4.69, 9.17) is 4.52 Å². The SMILES string of the molecule is CC[C@@H](C)c1ccc(S(=O)(=O)N2CCN(C(=O)c3c(C)noc3C)CC2)cc1. The highest BCUT2D eigenvalue weighted by Crippen LogP contribution is 2.24. The quantitative estimate of drug-likeness (QED) is 0.764. The smallest absolute Gasteiger partial charge is 0.259 e. The lowest BCUT2D eigenvalue weighted by Crippen LogP contribution is -2.50. The van der Waals surface area contributed by atoms with Crippen LogP contribution in [0.25, 0.3) is 0 Å². The van der Waals surface area contributed by atoms with E-state index in [0.29, 0.717) is 40.9 Å². The van der Waals surface area contributed by atoms with E-state index < -0.39 is 10.0 Å². The van der Waals surface area contributed by atoms with Crippen LogP contribution < -0.4 is 0 Å². The largest absolute Gasteiger partial charge is 0.361 e. The molecule has 1 atom stereocenters. The zero-order valence-corrected chi connectivity index (χ0v) is 17.6. The number of aromatic nitrogens is 1. The molecule has 7 nitrogen and oxygen atoms in total. The van der Waals surface area contributed by atoms with Gasteiger partial charge in [-0.2, -0.15) is 4.31 Å². The van der Waals surface area contributed by atoms with Crippen LogP contribution in [0.4, 0.5) is 0 Å². The molecule has 1 amide bonds. The van der Waals surface area contributed by atoms with E-state index in [1.807, 2.05) is 12.1 Å². The number of carbonyl (C=O) groups excluding carboxylic acids is 1. The van der Waals surface area contributed by atoms with Gasteiger partial charge in [0.15, 0.2) is 0 Å². The van der Waals surface area contributed by atoms with Gasteiger partial charge in [0, 0.05) is 26.2 Å². The second kappa shape index (κ2) is 8.05. The number of hydrogen-bond donors (Lipinski definition) is 0. The van der Waals surface area contributed by atoms with Gasteiger partial charge in [-0.15, -0.1) is 0 Å². The van der Waals surface area contributed by atoms with Gasteiger partial charge in [0.25, 0.3) is 5.91 Å². The summed E-state index contributed by atoms with van der Waals surface area (Å²) in [6.45, 7) is 8.89. The number of aryl methyl sites for hydroxylation is 2. The Labute approximate surface area is 166 Å². The zero-order chi connectivity index (χ0) is 20.5. The Hall–Kier alpha value is -2.19. The van der Waals surface area contributed by atoms with Crippen LogP contribution in [0.1, 0.15) is 53.6 Å². The van der Waals surface area contributed by atoms with Gasteiger partial charge in [-0.05, 0) is 43.9 Å². The molecular weight excluding hydrogens is 378 g/mol. The minimum Gasteiger partial charge on any atom is -0.361 e. The number of amides is 1. The van der Waals surface area contributed by atoms with Gasteiger partial charge >= 0.3 is 0 Å². The number of piperazine rings is 1. The first kappa shape index (κ1) is 20.5. The number of carbonyl (C=O) groups is 1. The van der Waals surface area contributed by atoms with Crippen LogP contribution in [0, 0.1) is 13.8 Å². The van der Waals surface area contributed by atoms with Crippen molar-refractivity contribution in [3.05, 3.63) is 46.8 Å². The second-order valence-corrected chi connectivity index (χ2v) is 9.21. The highest BCUT2D eigenvalue weighted by atomic mass is 32.2. The van der Waals surface area contributed by atoms with Gasteiger partial charge < -0.3 is 9.42 Å². The summed E-state index contributed by atoms with van der Waals surface area (Å²) in [6, 6.07) is 7.13. The molecule has 0 aliphatic carbocycles. The molecule has 1 aliphatic heterocycles. The predicted molar refractivity (Wildman–Crippen MR) is 106 cm³/mol. The van der Waals surface area contributed by atoms with Crippen LogP contribution in [-0.2, 0) is 10.0 Å². The maximum Gasteiger partial charge on any atom is 0.259 e. The Kier molecular flexibility index (Phi) is 5.90. The van der Waals surface area contributed by atoms with E-state index in [1.54, 1.807) is 30.9 Å². The van der Waals surface area contributed by atoms with Crippen LogP contribution in [0.2, 0.25) is 0 Å². The summed E-state index contributed by atoms with van der Waals surface area (Å²) in [7, 11) is -3.57. The van der Waals surface area contributed by atoms with E-state index in [2.05, 4.69) is 19.0 Å². The Morgan fingerprint density at radius 1 is 1.14 bits per heavy atom. The minimum absolute atomic E-state index is 0.161. The van der Waals surface area contributed by atoms with Crippen LogP contribution in [0.5, 0.6) is 0 Å². The number of nitrogens with zero attached hydrogens (tertiary/aromatic N) is 3. The summed E-state index contributed by atoms with van der Waals surface area (Å²) in [5.74, 6) is 0.723. The number of benzene rings is 1. The van der Waals surface area contributed by atoms with Gasteiger partial charge in [-0.1, -0.05) is 31.1 Å². The molecule has 0 saturated carbocycles. The topological polar surface area (TPSA) is 83.7 Å². The average Bonchev–Trinajstić information content (AvgIpc) is 3.05. The molecule has 1 aliphatic rings. The van der Waals surface area contributed by atoms with E-state index in [0.717, 1.165) is 12.0 Å². The van der Waals surface area contributed by atoms with Crippen molar-refractivity contribution in [2.24, 2.45) is 0 Å². The van der Waals surface area contributed by atoms with Gasteiger partial charge in [-0.3, -0.25) is 4.79 Å². The van der Waals surface area contributed by atoms with E-state index in [9.17, 15) is 13.2 Å². The Bertz CT molecular complexity index is 923. The third kappa shape index (κ3) is 3.84. The number of sulfonamides is 1. The van der Waals surface area contributed by atoms with Crippen LogP contribution in [0.15, 0.2) is 33.7 Å². The molecule has 1 fully saturated rings. The molecule has 152 valence electrons. The fraction of sp³-hybridized carbons (Fsp3) is 0.500. The molecular formula is C20H27N3O4S. The van der Waals surface area contributed by atoms with Crippen molar-refractivity contribution in [3.63, 3.8) is 0 Å². The number of rotatable bonds is 5. The second-order valence-electron chi connectivity index (χ2n) is 7.27. The first-order valence-electron chi connectivity index (χ1n) is 9.58. The fourth-order valence-corrected chi connectivity index (χ4v) is 4.85. The molecule has 1 aromatic heterocycles. The van der Waals surface area contributed by atoms with Crippen molar-refractivity contribution in [2.75, 3.05) is 26.2 Å². The molecule has 1 aromatic carbocycles. The Morgan fingerprint density at radius 3 is 2.25 bits per heavy atom. The summed E-state index contributed by atoms with van der Waals surface area (Å²) < 4.78 is 32.4. The van der Waals surface area contributed by atoms with Gasteiger partial charge in [0.2, 0.25) is 10.0 Å². The van der Waals surface area contributed by atoms with Crippen molar-refractivity contribution in [3.8, 4) is 0 Å². The first-order valence-corrected chi connectivity index (χ1v) is 11.0. The van der Waals surface area contributed by atoms with E-state index in [-0.39, 0.29) is 19.0 Å². The maximum absolute atomic E-state index is 12.9. The Balaban J connectivity index is 1.69. The molecule has 0 radical (unpaired) electrons. The van der Waals surface area contributed by atoms with Crippen LogP contribution in [-0.4, -0.2) is 54.9 Å². The Morgan fingerprint density at radius 2 is 1.75 bits per heavy atom. The third-order valence-corrected chi connectivity index (χ3v) is 7.39. The molecule has 3 rings (SSSR count). The monoisotopic (exact) mass is 405 g/mol. The van der Waals surface area contributed by atoms with Crippen molar-refractivity contribution >= 4 is 15.9 Å². The fourth-order valence-electron chi connectivity index (χ4n) is 3.43. The molecule has 2 heterocycles. The number of hydrogen-bond acceptors (Lipinski definition) is 5. The van der Waals surface area contributed by atoms with Gasteiger partial charge in [0.05, 0.1) is 10.6 Å². The van der Waals surface area contributed by atoms with Crippen molar-refractivity contribution < 1.29 is 17.7 Å². The maximum atomic E-state index is 12.9. The lowest BCUT2D eigenvalue weighted by Gasteiger charge is -2.34. The van der Waals surface area contributed by atoms with Crippen LogP contribution >= 0.6 is 0 Å². The summed E-state index contributed by atoms with van der Waals surface area (Å²) in [4.78, 5) is 14.7. The van der Waals surface area contributed by atoms with E-state index >= 15 is 0 Å². The normalized spacial score (nSPS) is 16.9. The summed E-state index contributed by atoms with van der Waals surface area (Å²) in [6.07, 6.45) is 1.01. The highest BCUT2D eigenvalue weighted by molar-refractivity contribution is 7.89. The lowest BCUT2D eigenvalue weighted by molar-refractivity contribution is 0.0695. The average molecular weight is 406 g/mol. The van der Waals surface area contributed by atoms with E-state index in [1.165, 1.54) is 4.31 Å². The van der Waals surface area contributed by atoms with Crippen molar-refractivity contribution in [2.45, 2.75) is 44.9 Å². The van der Waals surface area contributed by atoms with Crippen molar-refractivity contribution in [1.82, 2.24) is 14.4 Å². The zero-order valence-electron chi connectivity index (χ0n) is 16.8. The molecule has 0 bridgehead atoms. The predicted octanol–water partition coefficient (Wildman–Crippen LogP) is 2.95. The summed E-state index contributed by atoms with van der Waals surface area (Å²) in [5, 5.41) is 3.82. The molecule has 0 N–H and O–H groups in total.